The Balaban J connectivity index is 2.43. The molecule has 0 aliphatic heterocycles. The summed E-state index contributed by atoms with van der Waals surface area (Å²) in [6, 6.07) is 3.86. The first-order chi connectivity index (χ1) is 9.98. The number of hydrogen-bond donors (Lipinski definition) is 2. The van der Waals surface area contributed by atoms with Gasteiger partial charge in [-0.1, -0.05) is 6.42 Å². The van der Waals surface area contributed by atoms with Gasteiger partial charge in [0.15, 0.2) is 0 Å². The molecule has 0 aliphatic carbocycles. The van der Waals surface area contributed by atoms with E-state index in [4.69, 9.17) is 5.26 Å². The summed E-state index contributed by atoms with van der Waals surface area (Å²) in [5.41, 5.74) is 0.362. The molecule has 0 saturated carbocycles. The Morgan fingerprint density at radius 1 is 1.38 bits per heavy atom. The van der Waals surface area contributed by atoms with Crippen LogP contribution in [0.1, 0.15) is 33.1 Å². The summed E-state index contributed by atoms with van der Waals surface area (Å²) in [5, 5.41) is 19.3. The van der Waals surface area contributed by atoms with Crippen LogP contribution in [0.25, 0.3) is 0 Å². The lowest BCUT2D eigenvalue weighted by Crippen LogP contribution is -2.24. The van der Waals surface area contributed by atoms with Crippen molar-refractivity contribution in [2.75, 3.05) is 25.5 Å². The van der Waals surface area contributed by atoms with Crippen molar-refractivity contribution in [1.82, 2.24) is 15.1 Å². The molecule has 6 nitrogen and oxygen atoms in total. The van der Waals surface area contributed by atoms with Gasteiger partial charge in [0, 0.05) is 25.7 Å². The zero-order chi connectivity index (χ0) is 15.7. The SMILES string of the molecule is CNCCNc1cnn(CCCCC(C)(C)C#N)c(=O)c1. The first kappa shape index (κ1) is 17.2. The van der Waals surface area contributed by atoms with Crippen molar-refractivity contribution in [3.05, 3.63) is 22.6 Å². The molecule has 1 aromatic rings. The second-order valence-electron chi connectivity index (χ2n) is 5.79. The number of hydrogen-bond acceptors (Lipinski definition) is 5. The molecule has 0 atom stereocenters. The van der Waals surface area contributed by atoms with Crippen LogP contribution >= 0.6 is 0 Å². The number of nitrogens with one attached hydrogen (secondary N) is 2. The number of likely N-dealkylation sites (N-methyl/N-ethyl adjacent to an activating group) is 1. The third kappa shape index (κ3) is 6.41. The highest BCUT2D eigenvalue weighted by Gasteiger charge is 2.15. The van der Waals surface area contributed by atoms with Gasteiger partial charge in [0.1, 0.15) is 0 Å². The van der Waals surface area contributed by atoms with Crippen LogP contribution in [0.3, 0.4) is 0 Å². The fraction of sp³-hybridized carbons (Fsp3) is 0.667. The molecule has 116 valence electrons. The molecule has 0 fully saturated rings. The Kier molecular flexibility index (Phi) is 6.89. The Bertz CT molecular complexity index is 530. The number of aromatic nitrogens is 2. The van der Waals surface area contributed by atoms with E-state index in [0.29, 0.717) is 6.54 Å². The van der Waals surface area contributed by atoms with E-state index in [2.05, 4.69) is 21.8 Å². The van der Waals surface area contributed by atoms with E-state index < -0.39 is 0 Å². The first-order valence-electron chi connectivity index (χ1n) is 7.35. The summed E-state index contributed by atoms with van der Waals surface area (Å²) in [4.78, 5) is 11.9. The lowest BCUT2D eigenvalue weighted by atomic mass is 9.89. The molecular formula is C15H25N5O. The van der Waals surface area contributed by atoms with Crippen LogP contribution in [0.5, 0.6) is 0 Å². The van der Waals surface area contributed by atoms with Gasteiger partial charge in [0.2, 0.25) is 0 Å². The van der Waals surface area contributed by atoms with Crippen LogP contribution in [-0.4, -0.2) is 29.9 Å². The number of unbranched alkanes of at least 4 members (excludes halogenated alkanes) is 1. The molecule has 1 heterocycles. The molecule has 1 rings (SSSR count). The van der Waals surface area contributed by atoms with Crippen molar-refractivity contribution in [3.63, 3.8) is 0 Å². The third-order valence-corrected chi connectivity index (χ3v) is 3.30. The van der Waals surface area contributed by atoms with E-state index in [1.807, 2.05) is 20.9 Å². The Labute approximate surface area is 126 Å². The van der Waals surface area contributed by atoms with Gasteiger partial charge in [-0.15, -0.1) is 0 Å². The fourth-order valence-electron chi connectivity index (χ4n) is 1.91. The normalized spacial score (nSPS) is 11.1. The topological polar surface area (TPSA) is 82.7 Å². The number of nitriles is 1. The van der Waals surface area contributed by atoms with Gasteiger partial charge in [-0.3, -0.25) is 4.79 Å². The molecule has 0 amide bonds. The predicted molar refractivity (Wildman–Crippen MR) is 84.2 cm³/mol. The van der Waals surface area contributed by atoms with Gasteiger partial charge in [-0.25, -0.2) is 4.68 Å². The average Bonchev–Trinajstić information content (AvgIpc) is 2.45. The molecule has 1 aromatic heterocycles. The van der Waals surface area contributed by atoms with Gasteiger partial charge < -0.3 is 10.6 Å². The zero-order valence-electron chi connectivity index (χ0n) is 13.1. The summed E-state index contributed by atoms with van der Waals surface area (Å²) in [5.74, 6) is 0. The first-order valence-corrected chi connectivity index (χ1v) is 7.35. The van der Waals surface area contributed by atoms with E-state index in [-0.39, 0.29) is 11.0 Å². The Morgan fingerprint density at radius 2 is 2.14 bits per heavy atom. The molecule has 21 heavy (non-hydrogen) atoms. The highest BCUT2D eigenvalue weighted by Crippen LogP contribution is 2.21. The van der Waals surface area contributed by atoms with Gasteiger partial charge in [0.25, 0.3) is 5.56 Å². The summed E-state index contributed by atoms with van der Waals surface area (Å²) in [6.07, 6.45) is 4.28. The van der Waals surface area contributed by atoms with Crippen LogP contribution in [0, 0.1) is 16.7 Å². The van der Waals surface area contributed by atoms with E-state index in [0.717, 1.165) is 38.0 Å². The number of anilines is 1. The minimum atomic E-state index is -0.292. The standard InChI is InChI=1S/C15H25N5O/c1-15(2,12-16)6-4-5-9-20-14(21)10-13(11-19-20)18-8-7-17-3/h10-11,17-18H,4-9H2,1-3H3. The second kappa shape index (κ2) is 8.42. The van der Waals surface area contributed by atoms with Gasteiger partial charge >= 0.3 is 0 Å². The minimum Gasteiger partial charge on any atom is -0.382 e. The summed E-state index contributed by atoms with van der Waals surface area (Å²) >= 11 is 0. The van der Waals surface area contributed by atoms with Crippen LogP contribution in [0.15, 0.2) is 17.1 Å². The fourth-order valence-corrected chi connectivity index (χ4v) is 1.91. The molecule has 6 heteroatoms. The second-order valence-corrected chi connectivity index (χ2v) is 5.79. The molecule has 0 unspecified atom stereocenters. The maximum absolute atomic E-state index is 11.9. The molecule has 2 N–H and O–H groups in total. The largest absolute Gasteiger partial charge is 0.382 e. The van der Waals surface area contributed by atoms with Gasteiger partial charge in [-0.2, -0.15) is 10.4 Å². The van der Waals surface area contributed by atoms with Gasteiger partial charge in [0.05, 0.1) is 23.4 Å². The molecule has 0 aliphatic rings. The van der Waals surface area contributed by atoms with Crippen molar-refractivity contribution in [2.24, 2.45) is 5.41 Å². The van der Waals surface area contributed by atoms with Crippen LogP contribution in [0.4, 0.5) is 5.69 Å². The molecule has 0 saturated heterocycles. The third-order valence-electron chi connectivity index (χ3n) is 3.30. The summed E-state index contributed by atoms with van der Waals surface area (Å²) in [7, 11) is 1.88. The summed E-state index contributed by atoms with van der Waals surface area (Å²) < 4.78 is 1.47. The van der Waals surface area contributed by atoms with E-state index in [9.17, 15) is 4.79 Å². The van der Waals surface area contributed by atoms with E-state index in [1.54, 1.807) is 12.3 Å². The maximum atomic E-state index is 11.9. The van der Waals surface area contributed by atoms with Crippen molar-refractivity contribution < 1.29 is 0 Å². The number of nitrogens with zero attached hydrogens (tertiary/aromatic N) is 3. The van der Waals surface area contributed by atoms with E-state index >= 15 is 0 Å². The van der Waals surface area contributed by atoms with E-state index in [1.165, 1.54) is 4.68 Å². The lowest BCUT2D eigenvalue weighted by Gasteiger charge is -2.14. The monoisotopic (exact) mass is 291 g/mol. The maximum Gasteiger partial charge on any atom is 0.268 e. The van der Waals surface area contributed by atoms with Crippen molar-refractivity contribution >= 4 is 5.69 Å². The minimum absolute atomic E-state index is 0.0935. The molecule has 0 spiro atoms. The molecule has 0 aromatic carbocycles. The predicted octanol–water partition coefficient (Wildman–Crippen LogP) is 1.59. The van der Waals surface area contributed by atoms with Crippen LogP contribution in [-0.2, 0) is 6.54 Å². The van der Waals surface area contributed by atoms with Crippen molar-refractivity contribution in [3.8, 4) is 6.07 Å². The van der Waals surface area contributed by atoms with Crippen molar-refractivity contribution in [2.45, 2.75) is 39.7 Å². The van der Waals surface area contributed by atoms with Crippen LogP contribution in [0.2, 0.25) is 0 Å². The quantitative estimate of drug-likeness (QED) is 0.675. The Hall–Kier alpha value is -1.87. The van der Waals surface area contributed by atoms with Gasteiger partial charge in [-0.05, 0) is 33.7 Å². The zero-order valence-corrected chi connectivity index (χ0v) is 13.1. The highest BCUT2D eigenvalue weighted by atomic mass is 16.1. The van der Waals surface area contributed by atoms with Crippen LogP contribution < -0.4 is 16.2 Å². The Morgan fingerprint density at radius 3 is 2.76 bits per heavy atom. The molecular weight excluding hydrogens is 266 g/mol. The number of rotatable bonds is 9. The smallest absolute Gasteiger partial charge is 0.268 e. The molecule has 0 bridgehead atoms. The molecule has 0 radical (unpaired) electrons. The average molecular weight is 291 g/mol. The van der Waals surface area contributed by atoms with Crippen molar-refractivity contribution in [1.29, 1.82) is 5.26 Å². The summed E-state index contributed by atoms with van der Waals surface area (Å²) in [6.45, 7) is 6.05. The highest BCUT2D eigenvalue weighted by molar-refractivity contribution is 5.38. The lowest BCUT2D eigenvalue weighted by molar-refractivity contribution is 0.408. The number of aryl methyl sites for hydroxylation is 1.